The minimum absolute atomic E-state index is 0.0236. The Kier molecular flexibility index (Phi) is 3.80. The molecule has 4 rings (SSSR count). The van der Waals surface area contributed by atoms with E-state index in [0.717, 1.165) is 24.6 Å². The van der Waals surface area contributed by atoms with Gasteiger partial charge in [0.25, 0.3) is 5.56 Å². The highest BCUT2D eigenvalue weighted by molar-refractivity contribution is 5.89. The Labute approximate surface area is 150 Å². The summed E-state index contributed by atoms with van der Waals surface area (Å²) in [5.74, 6) is -1.33. The van der Waals surface area contributed by atoms with Gasteiger partial charge in [0.05, 0.1) is 17.4 Å². The number of aromatic nitrogens is 1. The average Bonchev–Trinajstić information content (AvgIpc) is 3.35. The van der Waals surface area contributed by atoms with E-state index in [9.17, 15) is 19.1 Å². The normalized spacial score (nSPS) is 23.0. The van der Waals surface area contributed by atoms with Gasteiger partial charge in [-0.3, -0.25) is 9.20 Å². The van der Waals surface area contributed by atoms with Crippen molar-refractivity contribution >= 4 is 17.2 Å². The van der Waals surface area contributed by atoms with E-state index in [1.807, 2.05) is 11.8 Å². The van der Waals surface area contributed by atoms with Crippen molar-refractivity contribution in [1.82, 2.24) is 4.40 Å². The SMILES string of the molecule is Cc1c(N2C[C@@H](C)[C@@H](N)C2)c(F)cn2c(=O)c(C(=O)O)cc(C3CC3)c12. The molecule has 2 aromatic heterocycles. The number of carboxylic acids is 1. The summed E-state index contributed by atoms with van der Waals surface area (Å²) in [6, 6.07) is 1.45. The van der Waals surface area contributed by atoms with Crippen molar-refractivity contribution in [1.29, 1.82) is 0 Å². The van der Waals surface area contributed by atoms with Crippen LogP contribution < -0.4 is 16.2 Å². The average molecular weight is 359 g/mol. The molecule has 2 aromatic rings. The molecular weight excluding hydrogens is 337 g/mol. The van der Waals surface area contributed by atoms with Crippen LogP contribution in [0.2, 0.25) is 0 Å². The Hall–Kier alpha value is -2.41. The number of aryl methyl sites for hydroxylation is 1. The van der Waals surface area contributed by atoms with Crippen molar-refractivity contribution in [2.24, 2.45) is 11.7 Å². The Morgan fingerprint density at radius 1 is 1.35 bits per heavy atom. The maximum Gasteiger partial charge on any atom is 0.341 e. The Balaban J connectivity index is 2.00. The van der Waals surface area contributed by atoms with Crippen molar-refractivity contribution in [2.75, 3.05) is 18.0 Å². The predicted octanol–water partition coefficient (Wildman–Crippen LogP) is 2.11. The minimum atomic E-state index is -1.28. The van der Waals surface area contributed by atoms with E-state index in [4.69, 9.17) is 5.73 Å². The number of carboxylic acid groups (broad SMARTS) is 1. The summed E-state index contributed by atoms with van der Waals surface area (Å²) in [5.41, 5.74) is 7.67. The van der Waals surface area contributed by atoms with Gasteiger partial charge in [-0.1, -0.05) is 6.92 Å². The Morgan fingerprint density at radius 3 is 2.58 bits per heavy atom. The standard InChI is InChI=1S/C19H22FN3O3/c1-9-6-22(8-15(9)21)17-10(2)16-12(11-3-4-11)5-13(19(25)26)18(24)23(16)7-14(17)20/h5,7,9,11,15H,3-4,6,8,21H2,1-2H3,(H,25,26)/t9-,15+/m1/s1. The summed E-state index contributed by atoms with van der Waals surface area (Å²) < 4.78 is 16.1. The Morgan fingerprint density at radius 2 is 2.04 bits per heavy atom. The van der Waals surface area contributed by atoms with Gasteiger partial charge >= 0.3 is 5.97 Å². The lowest BCUT2D eigenvalue weighted by atomic mass is 10.0. The summed E-state index contributed by atoms with van der Waals surface area (Å²) >= 11 is 0. The second kappa shape index (κ2) is 5.81. The quantitative estimate of drug-likeness (QED) is 0.876. The van der Waals surface area contributed by atoms with E-state index >= 15 is 0 Å². The van der Waals surface area contributed by atoms with Gasteiger partial charge in [0, 0.05) is 19.1 Å². The third-order valence-electron chi connectivity index (χ3n) is 5.68. The molecule has 2 atom stereocenters. The molecule has 1 saturated carbocycles. The molecule has 1 aliphatic heterocycles. The summed E-state index contributed by atoms with van der Waals surface area (Å²) in [6.45, 7) is 5.06. The zero-order chi connectivity index (χ0) is 18.7. The van der Waals surface area contributed by atoms with Crippen LogP contribution in [0.3, 0.4) is 0 Å². The minimum Gasteiger partial charge on any atom is -0.477 e. The van der Waals surface area contributed by atoms with Gasteiger partial charge in [-0.25, -0.2) is 9.18 Å². The van der Waals surface area contributed by atoms with Crippen LogP contribution in [0.25, 0.3) is 5.52 Å². The van der Waals surface area contributed by atoms with Gasteiger partial charge in [-0.15, -0.1) is 0 Å². The summed E-state index contributed by atoms with van der Waals surface area (Å²) in [7, 11) is 0. The highest BCUT2D eigenvalue weighted by atomic mass is 19.1. The van der Waals surface area contributed by atoms with E-state index in [0.29, 0.717) is 29.9 Å². The molecule has 2 fully saturated rings. The van der Waals surface area contributed by atoms with Crippen molar-refractivity contribution in [3.8, 4) is 0 Å². The molecule has 138 valence electrons. The van der Waals surface area contributed by atoms with Gasteiger partial charge in [0.2, 0.25) is 0 Å². The zero-order valence-electron chi connectivity index (χ0n) is 14.8. The summed E-state index contributed by atoms with van der Waals surface area (Å²) in [6.07, 6.45) is 3.03. The second-order valence-corrected chi connectivity index (χ2v) is 7.61. The first-order chi connectivity index (χ1) is 12.3. The van der Waals surface area contributed by atoms with Crippen molar-refractivity contribution in [2.45, 2.75) is 38.6 Å². The lowest BCUT2D eigenvalue weighted by Gasteiger charge is -2.24. The summed E-state index contributed by atoms with van der Waals surface area (Å²) in [5, 5.41) is 9.35. The highest BCUT2D eigenvalue weighted by Gasteiger charge is 2.33. The lowest BCUT2D eigenvalue weighted by molar-refractivity contribution is 0.0694. The van der Waals surface area contributed by atoms with Gasteiger partial charge in [-0.2, -0.15) is 0 Å². The van der Waals surface area contributed by atoms with Crippen LogP contribution in [0.4, 0.5) is 10.1 Å². The topological polar surface area (TPSA) is 88.0 Å². The van der Waals surface area contributed by atoms with Gasteiger partial charge in [0.15, 0.2) is 5.82 Å². The van der Waals surface area contributed by atoms with E-state index in [-0.39, 0.29) is 23.4 Å². The fourth-order valence-electron chi connectivity index (χ4n) is 4.06. The number of fused-ring (bicyclic) bond motifs is 1. The van der Waals surface area contributed by atoms with Crippen LogP contribution in [0, 0.1) is 18.7 Å². The van der Waals surface area contributed by atoms with Crippen LogP contribution in [0.5, 0.6) is 0 Å². The van der Waals surface area contributed by atoms with Gasteiger partial charge < -0.3 is 15.7 Å². The molecule has 0 radical (unpaired) electrons. The fourth-order valence-corrected chi connectivity index (χ4v) is 4.06. The Bertz CT molecular complexity index is 970. The molecule has 6 nitrogen and oxygen atoms in total. The van der Waals surface area contributed by atoms with Crippen molar-refractivity contribution < 1.29 is 14.3 Å². The molecule has 3 heterocycles. The zero-order valence-corrected chi connectivity index (χ0v) is 14.8. The van der Waals surface area contributed by atoms with Crippen LogP contribution in [-0.2, 0) is 0 Å². The van der Waals surface area contributed by atoms with Crippen molar-refractivity contribution in [3.63, 3.8) is 0 Å². The molecule has 0 spiro atoms. The number of hydrogen-bond acceptors (Lipinski definition) is 4. The molecule has 1 aliphatic carbocycles. The number of nitrogens with zero attached hydrogens (tertiary/aromatic N) is 2. The third-order valence-corrected chi connectivity index (χ3v) is 5.68. The molecule has 0 bridgehead atoms. The first-order valence-corrected chi connectivity index (χ1v) is 8.91. The van der Waals surface area contributed by atoms with Crippen LogP contribution in [0.1, 0.15) is 47.2 Å². The van der Waals surface area contributed by atoms with E-state index < -0.39 is 17.3 Å². The molecule has 0 amide bonds. The largest absolute Gasteiger partial charge is 0.477 e. The lowest BCUT2D eigenvalue weighted by Crippen LogP contribution is -2.30. The van der Waals surface area contributed by atoms with Crippen LogP contribution in [-0.4, -0.2) is 34.6 Å². The monoisotopic (exact) mass is 359 g/mol. The van der Waals surface area contributed by atoms with Gasteiger partial charge in [-0.05, 0) is 48.8 Å². The van der Waals surface area contributed by atoms with Gasteiger partial charge in [0.1, 0.15) is 5.56 Å². The number of halogens is 1. The molecule has 26 heavy (non-hydrogen) atoms. The second-order valence-electron chi connectivity index (χ2n) is 7.61. The van der Waals surface area contributed by atoms with E-state index in [1.165, 1.54) is 10.5 Å². The molecule has 0 aromatic carbocycles. The van der Waals surface area contributed by atoms with E-state index in [1.54, 1.807) is 6.92 Å². The number of pyridine rings is 2. The molecule has 2 aliphatic rings. The maximum absolute atomic E-state index is 15.0. The molecule has 1 saturated heterocycles. The number of carbonyl (C=O) groups is 1. The number of nitrogens with two attached hydrogens (primary N) is 1. The van der Waals surface area contributed by atoms with Crippen molar-refractivity contribution in [3.05, 3.63) is 45.1 Å². The smallest absolute Gasteiger partial charge is 0.341 e. The molecular formula is C19H22FN3O3. The van der Waals surface area contributed by atoms with Crippen LogP contribution in [0.15, 0.2) is 17.1 Å². The maximum atomic E-state index is 15.0. The number of hydrogen-bond donors (Lipinski definition) is 2. The van der Waals surface area contributed by atoms with Crippen LogP contribution >= 0.6 is 0 Å². The highest BCUT2D eigenvalue weighted by Crippen LogP contribution is 2.44. The molecule has 0 unspecified atom stereocenters. The van der Waals surface area contributed by atoms with E-state index in [2.05, 4.69) is 0 Å². The first-order valence-electron chi connectivity index (χ1n) is 8.91. The third kappa shape index (κ3) is 2.49. The summed E-state index contributed by atoms with van der Waals surface area (Å²) in [4.78, 5) is 26.0. The molecule has 3 N–H and O–H groups in total. The fraction of sp³-hybridized carbons (Fsp3) is 0.474. The number of anilines is 1. The number of aromatic carboxylic acids is 1. The number of rotatable bonds is 3. The first kappa shape index (κ1) is 17.0. The molecule has 7 heteroatoms. The predicted molar refractivity (Wildman–Crippen MR) is 96.6 cm³/mol.